The lowest BCUT2D eigenvalue weighted by Crippen LogP contribution is -2.37. The van der Waals surface area contributed by atoms with Crippen LogP contribution in [0, 0.1) is 5.92 Å². The molecule has 0 bridgehead atoms. The zero-order valence-corrected chi connectivity index (χ0v) is 31.2. The second kappa shape index (κ2) is 14.9. The zero-order valence-electron chi connectivity index (χ0n) is 30.4. The Morgan fingerprint density at radius 3 is 1.89 bits per heavy atom. The molecular formula is C46H42N3O4S+. The maximum Gasteiger partial charge on any atom is 0.307 e. The molecule has 0 unspecified atom stereocenters. The summed E-state index contributed by atoms with van der Waals surface area (Å²) in [6, 6.07) is 33.7. The minimum Gasteiger partial charge on any atom is -0.481 e. The Morgan fingerprint density at radius 1 is 0.685 bits per heavy atom. The summed E-state index contributed by atoms with van der Waals surface area (Å²) in [5.74, 6) is -0.230. The summed E-state index contributed by atoms with van der Waals surface area (Å²) in [5, 5.41) is 29.7. The van der Waals surface area contributed by atoms with Gasteiger partial charge in [-0.25, -0.2) is 9.13 Å². The van der Waals surface area contributed by atoms with E-state index in [9.17, 15) is 19.8 Å². The Bertz CT molecular complexity index is 2710. The third kappa shape index (κ3) is 6.41. The molecular weight excluding hydrogens is 691 g/mol. The number of rotatable bonds is 12. The number of imidazole rings is 1. The van der Waals surface area contributed by atoms with Gasteiger partial charge in [0.25, 0.3) is 5.82 Å². The molecule has 0 spiro atoms. The van der Waals surface area contributed by atoms with E-state index in [1.165, 1.54) is 10.8 Å². The molecule has 0 radical (unpaired) electrons. The topological polar surface area (TPSA) is 86.7 Å². The molecule has 6 aromatic carbocycles. The van der Waals surface area contributed by atoms with E-state index >= 15 is 0 Å². The maximum absolute atomic E-state index is 12.0. The number of thioether (sulfide) groups is 1. The molecule has 54 heavy (non-hydrogen) atoms. The molecule has 7 nitrogen and oxygen atoms in total. The smallest absolute Gasteiger partial charge is 0.307 e. The van der Waals surface area contributed by atoms with Crippen LogP contribution in [0.3, 0.4) is 0 Å². The third-order valence-corrected chi connectivity index (χ3v) is 11.5. The molecule has 0 atom stereocenters. The lowest BCUT2D eigenvalue weighted by atomic mass is 9.99. The quantitative estimate of drug-likeness (QED) is 0.0739. The number of allylic oxidation sites excluding steroid dienone is 4. The van der Waals surface area contributed by atoms with Gasteiger partial charge in [-0.05, 0) is 57.5 Å². The molecule has 0 saturated heterocycles. The Morgan fingerprint density at radius 2 is 1.24 bits per heavy atom. The summed E-state index contributed by atoms with van der Waals surface area (Å²) in [7, 11) is 0. The fourth-order valence-electron chi connectivity index (χ4n) is 7.88. The van der Waals surface area contributed by atoms with Crippen LogP contribution in [0.4, 0.5) is 5.69 Å². The number of aliphatic carboxylic acids is 2. The molecule has 0 saturated carbocycles. The Labute approximate surface area is 318 Å². The molecule has 0 fully saturated rings. The van der Waals surface area contributed by atoms with Crippen LogP contribution >= 0.6 is 11.8 Å². The number of aromatic nitrogens is 2. The van der Waals surface area contributed by atoms with E-state index in [1.807, 2.05) is 24.3 Å². The molecule has 0 amide bonds. The van der Waals surface area contributed by atoms with Gasteiger partial charge in [-0.2, -0.15) is 0 Å². The van der Waals surface area contributed by atoms with Gasteiger partial charge in [0, 0.05) is 33.7 Å². The number of carbonyl (C=O) groups is 2. The van der Waals surface area contributed by atoms with Crippen molar-refractivity contribution >= 4 is 89.6 Å². The average Bonchev–Trinajstić information content (AvgIpc) is 3.71. The molecule has 1 aliphatic heterocycles. The first-order valence-corrected chi connectivity index (χ1v) is 19.4. The number of anilines is 1. The van der Waals surface area contributed by atoms with Crippen LogP contribution in [0.25, 0.3) is 60.2 Å². The van der Waals surface area contributed by atoms with Gasteiger partial charge in [0.05, 0.1) is 30.1 Å². The summed E-state index contributed by atoms with van der Waals surface area (Å²) >= 11 is 1.68. The van der Waals surface area contributed by atoms with Crippen LogP contribution in [0.15, 0.2) is 131 Å². The van der Waals surface area contributed by atoms with Gasteiger partial charge in [0.2, 0.25) is 0 Å². The lowest BCUT2D eigenvalue weighted by molar-refractivity contribution is -0.672. The number of hydrogen-bond acceptors (Lipinski definition) is 4. The summed E-state index contributed by atoms with van der Waals surface area (Å²) in [5.41, 5.74) is 3.22. The fraction of sp³-hybridized carbons (Fsp3) is 0.196. The van der Waals surface area contributed by atoms with Crippen molar-refractivity contribution in [1.29, 1.82) is 0 Å². The fourth-order valence-corrected chi connectivity index (χ4v) is 9.13. The summed E-state index contributed by atoms with van der Waals surface area (Å²) < 4.78 is 4.57. The molecule has 2 N–H and O–H groups in total. The highest BCUT2D eigenvalue weighted by Crippen LogP contribution is 2.53. The van der Waals surface area contributed by atoms with Crippen molar-refractivity contribution in [2.24, 2.45) is 5.92 Å². The number of fused-ring (bicyclic) bond motifs is 12. The van der Waals surface area contributed by atoms with Gasteiger partial charge in [0.15, 0.2) is 11.0 Å². The van der Waals surface area contributed by atoms with Crippen molar-refractivity contribution in [2.75, 3.05) is 11.4 Å². The lowest BCUT2D eigenvalue weighted by Gasteiger charge is -2.21. The number of benzene rings is 6. The third-order valence-electron chi connectivity index (χ3n) is 10.3. The highest BCUT2D eigenvalue weighted by molar-refractivity contribution is 8.04. The molecule has 270 valence electrons. The minimum absolute atomic E-state index is 0.00517. The van der Waals surface area contributed by atoms with E-state index in [4.69, 9.17) is 0 Å². The highest BCUT2D eigenvalue weighted by atomic mass is 32.2. The first-order valence-electron chi connectivity index (χ1n) is 18.5. The minimum atomic E-state index is -0.833. The standard InChI is InChI=1S/C46H41N3O4S/c1-30(2)24-27-47-39(48(28-25-41(50)51)44-36-19-11-7-15-32(36)31-14-6-10-18-35(31)43(44)47)22-4-3-5-23-40-49(29-26-42(52)53)45-37-20-12-8-16-33(37)34-17-9-13-21-38(34)46(45)54-40/h3-23,30H,24-29H2,1-2H3,(H-,50,51,52,53)/p+1. The van der Waals surface area contributed by atoms with Gasteiger partial charge in [-0.15, -0.1) is 0 Å². The van der Waals surface area contributed by atoms with Crippen LogP contribution < -0.4 is 9.47 Å². The molecule has 2 heterocycles. The van der Waals surface area contributed by atoms with Gasteiger partial charge in [0.1, 0.15) is 6.54 Å². The molecule has 1 aliphatic rings. The van der Waals surface area contributed by atoms with Crippen molar-refractivity contribution in [3.8, 4) is 0 Å². The zero-order chi connectivity index (χ0) is 37.3. The first-order chi connectivity index (χ1) is 26.3. The Kier molecular flexibility index (Phi) is 9.69. The van der Waals surface area contributed by atoms with Crippen molar-refractivity contribution in [2.45, 2.75) is 51.1 Å². The Hall–Kier alpha value is -5.86. The van der Waals surface area contributed by atoms with Crippen molar-refractivity contribution in [3.05, 3.63) is 132 Å². The van der Waals surface area contributed by atoms with E-state index < -0.39 is 11.9 Å². The maximum atomic E-state index is 12.0. The predicted molar refractivity (Wildman–Crippen MR) is 222 cm³/mol. The summed E-state index contributed by atoms with van der Waals surface area (Å²) in [6.45, 7) is 5.95. The second-order valence-electron chi connectivity index (χ2n) is 14.2. The van der Waals surface area contributed by atoms with Crippen LogP contribution in [0.1, 0.15) is 38.9 Å². The van der Waals surface area contributed by atoms with Crippen molar-refractivity contribution in [1.82, 2.24) is 4.57 Å². The first kappa shape index (κ1) is 35.2. The summed E-state index contributed by atoms with van der Waals surface area (Å²) in [6.07, 6.45) is 11.2. The van der Waals surface area contributed by atoms with E-state index in [1.54, 1.807) is 11.8 Å². The van der Waals surface area contributed by atoms with Crippen LogP contribution in [0.5, 0.6) is 0 Å². The van der Waals surface area contributed by atoms with E-state index in [2.05, 4.69) is 131 Å². The van der Waals surface area contributed by atoms with Gasteiger partial charge >= 0.3 is 11.9 Å². The number of carboxylic acids is 2. The van der Waals surface area contributed by atoms with Gasteiger partial charge in [-0.1, -0.05) is 129 Å². The van der Waals surface area contributed by atoms with Gasteiger partial charge in [-0.3, -0.25) is 9.59 Å². The number of carboxylic acid groups (broad SMARTS) is 2. The summed E-state index contributed by atoms with van der Waals surface area (Å²) in [4.78, 5) is 27.1. The predicted octanol–water partition coefficient (Wildman–Crippen LogP) is 10.6. The van der Waals surface area contributed by atoms with E-state index in [-0.39, 0.29) is 12.8 Å². The van der Waals surface area contributed by atoms with Crippen LogP contribution in [0.2, 0.25) is 0 Å². The Balaban J connectivity index is 1.24. The second-order valence-corrected chi connectivity index (χ2v) is 15.2. The van der Waals surface area contributed by atoms with Crippen molar-refractivity contribution < 1.29 is 24.4 Å². The van der Waals surface area contributed by atoms with E-state index in [0.29, 0.717) is 19.0 Å². The molecule has 8 heteroatoms. The number of hydrogen-bond donors (Lipinski definition) is 2. The normalized spacial score (nSPS) is 14.1. The monoisotopic (exact) mass is 732 g/mol. The van der Waals surface area contributed by atoms with E-state index in [0.717, 1.165) is 77.8 Å². The highest BCUT2D eigenvalue weighted by Gasteiger charge is 2.30. The average molecular weight is 733 g/mol. The number of nitrogens with zero attached hydrogens (tertiary/aromatic N) is 3. The van der Waals surface area contributed by atoms with Crippen LogP contribution in [-0.2, 0) is 22.7 Å². The molecule has 0 aliphatic carbocycles. The number of aryl methyl sites for hydroxylation is 2. The molecule has 8 rings (SSSR count). The molecule has 1 aromatic heterocycles. The van der Waals surface area contributed by atoms with Crippen molar-refractivity contribution in [3.63, 3.8) is 0 Å². The molecule has 7 aromatic rings. The van der Waals surface area contributed by atoms with Crippen LogP contribution in [-0.4, -0.2) is 33.3 Å². The SMILES string of the molecule is CC(C)CCn1c(/C=C/C=C/C=C2/Sc3c(c4ccccc4c4ccccc34)N2CCC(=O)O)[n+](CCC(=O)O)c2c3ccccc3c3ccccc3c21. The largest absolute Gasteiger partial charge is 0.481 e. The van der Waals surface area contributed by atoms with Gasteiger partial charge < -0.3 is 15.1 Å².